The predicted octanol–water partition coefficient (Wildman–Crippen LogP) is 2.03. The number of nitro benzene ring substituents is 1. The molecule has 0 saturated carbocycles. The summed E-state index contributed by atoms with van der Waals surface area (Å²) in [5.41, 5.74) is 1.63. The Morgan fingerprint density at radius 1 is 1.38 bits per heavy atom. The van der Waals surface area contributed by atoms with Crippen LogP contribution in [-0.2, 0) is 11.3 Å². The van der Waals surface area contributed by atoms with Crippen molar-refractivity contribution < 1.29 is 14.8 Å². The fourth-order valence-electron chi connectivity index (χ4n) is 1.93. The number of ether oxygens (including phenoxy) is 1. The minimum Gasteiger partial charge on any atom is -0.389 e. The van der Waals surface area contributed by atoms with Crippen molar-refractivity contribution >= 4 is 5.69 Å². The lowest BCUT2D eigenvalue weighted by Crippen LogP contribution is -2.30. The van der Waals surface area contributed by atoms with Crippen molar-refractivity contribution in [3.05, 3.63) is 39.4 Å². The van der Waals surface area contributed by atoms with Gasteiger partial charge in [0.1, 0.15) is 0 Å². The Kier molecular flexibility index (Phi) is 7.28. The quantitative estimate of drug-likeness (QED) is 0.538. The first-order valence-corrected chi connectivity index (χ1v) is 7.11. The van der Waals surface area contributed by atoms with Crippen LogP contribution in [-0.4, -0.2) is 35.9 Å². The second-order valence-corrected chi connectivity index (χ2v) is 5.53. The molecule has 0 aliphatic rings. The largest absolute Gasteiger partial charge is 0.389 e. The van der Waals surface area contributed by atoms with Gasteiger partial charge in [-0.05, 0) is 18.4 Å². The molecule has 0 bridgehead atoms. The molecule has 2 N–H and O–H groups in total. The highest BCUT2D eigenvalue weighted by Gasteiger charge is 2.13. The van der Waals surface area contributed by atoms with Crippen LogP contribution in [0.4, 0.5) is 5.69 Å². The minimum atomic E-state index is -0.581. The van der Waals surface area contributed by atoms with Gasteiger partial charge in [-0.1, -0.05) is 26.0 Å². The molecule has 1 unspecified atom stereocenters. The normalized spacial score (nSPS) is 12.6. The second-order valence-electron chi connectivity index (χ2n) is 5.53. The van der Waals surface area contributed by atoms with Gasteiger partial charge >= 0.3 is 0 Å². The predicted molar refractivity (Wildman–Crippen MR) is 81.2 cm³/mol. The van der Waals surface area contributed by atoms with E-state index in [-0.39, 0.29) is 10.6 Å². The van der Waals surface area contributed by atoms with Gasteiger partial charge < -0.3 is 15.2 Å². The molecule has 0 heterocycles. The fraction of sp³-hybridized carbons (Fsp3) is 0.600. The lowest BCUT2D eigenvalue weighted by atomic mass is 10.1. The van der Waals surface area contributed by atoms with Gasteiger partial charge in [-0.2, -0.15) is 0 Å². The van der Waals surface area contributed by atoms with Crippen LogP contribution in [0, 0.1) is 23.0 Å². The van der Waals surface area contributed by atoms with E-state index < -0.39 is 6.10 Å². The van der Waals surface area contributed by atoms with Crippen LogP contribution < -0.4 is 5.32 Å². The molecule has 1 aromatic carbocycles. The van der Waals surface area contributed by atoms with Gasteiger partial charge in [-0.25, -0.2) is 0 Å². The summed E-state index contributed by atoms with van der Waals surface area (Å²) >= 11 is 0. The minimum absolute atomic E-state index is 0.120. The van der Waals surface area contributed by atoms with Gasteiger partial charge in [0.25, 0.3) is 5.69 Å². The van der Waals surface area contributed by atoms with E-state index in [0.29, 0.717) is 37.8 Å². The topological polar surface area (TPSA) is 84.6 Å². The Balaban J connectivity index is 2.39. The van der Waals surface area contributed by atoms with Gasteiger partial charge in [0.15, 0.2) is 0 Å². The number of nitrogens with one attached hydrogen (secondary N) is 1. The van der Waals surface area contributed by atoms with Gasteiger partial charge in [-0.3, -0.25) is 10.1 Å². The van der Waals surface area contributed by atoms with Crippen molar-refractivity contribution in [3.8, 4) is 0 Å². The first-order valence-electron chi connectivity index (χ1n) is 7.11. The van der Waals surface area contributed by atoms with Crippen LogP contribution in [0.2, 0.25) is 0 Å². The zero-order valence-electron chi connectivity index (χ0n) is 12.8. The SMILES string of the molecule is Cc1c(CNCC(O)COCC(C)C)cccc1[N+](=O)[O-]. The Morgan fingerprint density at radius 2 is 2.10 bits per heavy atom. The van der Waals surface area contributed by atoms with Crippen LogP contribution in [0.5, 0.6) is 0 Å². The van der Waals surface area contributed by atoms with Crippen molar-refractivity contribution in [1.82, 2.24) is 5.32 Å². The van der Waals surface area contributed by atoms with E-state index in [1.807, 2.05) is 6.07 Å². The van der Waals surface area contributed by atoms with Crippen molar-refractivity contribution in [3.63, 3.8) is 0 Å². The maximum atomic E-state index is 10.9. The Labute approximate surface area is 125 Å². The van der Waals surface area contributed by atoms with E-state index in [1.54, 1.807) is 13.0 Å². The number of aliphatic hydroxyl groups excluding tert-OH is 1. The molecule has 0 radical (unpaired) electrons. The molecule has 0 spiro atoms. The first-order chi connectivity index (χ1) is 9.91. The maximum Gasteiger partial charge on any atom is 0.272 e. The standard InChI is InChI=1S/C15H24N2O4/c1-11(2)9-21-10-14(18)8-16-7-13-5-4-6-15(12(13)3)17(19)20/h4-6,11,14,16,18H,7-10H2,1-3H3. The lowest BCUT2D eigenvalue weighted by molar-refractivity contribution is -0.385. The molecule has 0 aromatic heterocycles. The molecular weight excluding hydrogens is 272 g/mol. The number of rotatable bonds is 9. The molecule has 6 heteroatoms. The van der Waals surface area contributed by atoms with Crippen LogP contribution in [0.25, 0.3) is 0 Å². The molecule has 1 aromatic rings. The third-order valence-electron chi connectivity index (χ3n) is 3.07. The zero-order valence-corrected chi connectivity index (χ0v) is 12.8. The van der Waals surface area contributed by atoms with E-state index >= 15 is 0 Å². The molecule has 21 heavy (non-hydrogen) atoms. The molecule has 0 aliphatic heterocycles. The summed E-state index contributed by atoms with van der Waals surface area (Å²) in [5, 5.41) is 23.7. The van der Waals surface area contributed by atoms with Gasteiger partial charge in [-0.15, -0.1) is 0 Å². The van der Waals surface area contributed by atoms with E-state index in [9.17, 15) is 15.2 Å². The Morgan fingerprint density at radius 3 is 2.71 bits per heavy atom. The van der Waals surface area contributed by atoms with Gasteiger partial charge in [0.2, 0.25) is 0 Å². The van der Waals surface area contributed by atoms with Crippen LogP contribution in [0.3, 0.4) is 0 Å². The average Bonchev–Trinajstić information content (AvgIpc) is 2.40. The van der Waals surface area contributed by atoms with E-state index in [0.717, 1.165) is 5.56 Å². The number of nitro groups is 1. The number of hydrogen-bond donors (Lipinski definition) is 2. The summed E-state index contributed by atoms with van der Waals surface area (Å²) < 4.78 is 5.35. The number of hydrogen-bond acceptors (Lipinski definition) is 5. The number of aliphatic hydroxyl groups is 1. The highest BCUT2D eigenvalue weighted by molar-refractivity contribution is 5.44. The molecule has 6 nitrogen and oxygen atoms in total. The fourth-order valence-corrected chi connectivity index (χ4v) is 1.93. The molecule has 1 rings (SSSR count). The highest BCUT2D eigenvalue weighted by atomic mass is 16.6. The third kappa shape index (κ3) is 6.20. The smallest absolute Gasteiger partial charge is 0.272 e. The van der Waals surface area contributed by atoms with Crippen LogP contribution in [0.15, 0.2) is 18.2 Å². The average molecular weight is 296 g/mol. The molecule has 1 atom stereocenters. The first kappa shape index (κ1) is 17.6. The monoisotopic (exact) mass is 296 g/mol. The van der Waals surface area contributed by atoms with Gasteiger partial charge in [0.05, 0.1) is 17.6 Å². The van der Waals surface area contributed by atoms with Crippen molar-refractivity contribution in [2.75, 3.05) is 19.8 Å². The second kappa shape index (κ2) is 8.71. The molecule has 118 valence electrons. The molecule has 0 fully saturated rings. The summed E-state index contributed by atoms with van der Waals surface area (Å²) in [5.74, 6) is 0.442. The van der Waals surface area contributed by atoms with E-state index in [1.165, 1.54) is 6.07 Å². The summed E-state index contributed by atoms with van der Waals surface area (Å²) in [4.78, 5) is 10.5. The summed E-state index contributed by atoms with van der Waals surface area (Å²) in [6.45, 7) is 7.62. The number of benzene rings is 1. The van der Waals surface area contributed by atoms with Gasteiger partial charge in [0, 0.05) is 31.3 Å². The molecular formula is C15H24N2O4. The molecule has 0 aliphatic carbocycles. The molecule has 0 saturated heterocycles. The zero-order chi connectivity index (χ0) is 15.8. The van der Waals surface area contributed by atoms with E-state index in [2.05, 4.69) is 19.2 Å². The Bertz CT molecular complexity index is 463. The number of nitrogens with zero attached hydrogens (tertiary/aromatic N) is 1. The van der Waals surface area contributed by atoms with Crippen LogP contribution >= 0.6 is 0 Å². The van der Waals surface area contributed by atoms with Crippen LogP contribution in [0.1, 0.15) is 25.0 Å². The highest BCUT2D eigenvalue weighted by Crippen LogP contribution is 2.20. The lowest BCUT2D eigenvalue weighted by Gasteiger charge is -2.14. The summed E-state index contributed by atoms with van der Waals surface area (Å²) in [6, 6.07) is 5.01. The summed E-state index contributed by atoms with van der Waals surface area (Å²) in [7, 11) is 0. The molecule has 0 amide bonds. The van der Waals surface area contributed by atoms with E-state index in [4.69, 9.17) is 4.74 Å². The maximum absolute atomic E-state index is 10.9. The van der Waals surface area contributed by atoms with Crippen molar-refractivity contribution in [2.45, 2.75) is 33.4 Å². The summed E-state index contributed by atoms with van der Waals surface area (Å²) in [6.07, 6.45) is -0.581. The Hall–Kier alpha value is -1.50. The third-order valence-corrected chi connectivity index (χ3v) is 3.07. The van der Waals surface area contributed by atoms with Crippen molar-refractivity contribution in [2.24, 2.45) is 5.92 Å². The van der Waals surface area contributed by atoms with Crippen molar-refractivity contribution in [1.29, 1.82) is 0 Å².